The second kappa shape index (κ2) is 8.65. The van der Waals surface area contributed by atoms with E-state index >= 15 is 0 Å². The van der Waals surface area contributed by atoms with E-state index in [4.69, 9.17) is 14.6 Å². The van der Waals surface area contributed by atoms with E-state index in [9.17, 15) is 5.11 Å². The van der Waals surface area contributed by atoms with Gasteiger partial charge in [0, 0.05) is 26.1 Å². The first kappa shape index (κ1) is 19.1. The zero-order chi connectivity index (χ0) is 16.6. The number of likely N-dealkylation sites (tertiary alicyclic amines) is 1. The Labute approximate surface area is 134 Å². The van der Waals surface area contributed by atoms with E-state index in [1.165, 1.54) is 5.57 Å². The van der Waals surface area contributed by atoms with Crippen LogP contribution in [-0.2, 0) is 9.53 Å². The zero-order valence-corrected chi connectivity index (χ0v) is 14.2. The van der Waals surface area contributed by atoms with Gasteiger partial charge in [-0.05, 0) is 46.5 Å². The summed E-state index contributed by atoms with van der Waals surface area (Å²) >= 11 is 0. The molecule has 0 bridgehead atoms. The molecule has 2 aliphatic heterocycles. The highest BCUT2D eigenvalue weighted by Crippen LogP contribution is 2.39. The normalized spacial score (nSPS) is 27.6. The topological polar surface area (TPSA) is 70.0 Å². The molecule has 0 aliphatic carbocycles. The van der Waals surface area contributed by atoms with Crippen LogP contribution in [0.3, 0.4) is 0 Å². The molecule has 1 unspecified atom stereocenters. The van der Waals surface area contributed by atoms with E-state index in [0.29, 0.717) is 6.61 Å². The second-order valence-electron chi connectivity index (χ2n) is 6.97. The van der Waals surface area contributed by atoms with Crippen LogP contribution < -0.4 is 0 Å². The van der Waals surface area contributed by atoms with Crippen molar-refractivity contribution in [1.29, 1.82) is 0 Å². The van der Waals surface area contributed by atoms with Gasteiger partial charge in [0.2, 0.25) is 0 Å². The summed E-state index contributed by atoms with van der Waals surface area (Å²) in [7, 11) is 0. The summed E-state index contributed by atoms with van der Waals surface area (Å²) in [5, 5.41) is 17.1. The van der Waals surface area contributed by atoms with Gasteiger partial charge in [0.25, 0.3) is 6.47 Å². The van der Waals surface area contributed by atoms with Crippen molar-refractivity contribution in [1.82, 2.24) is 4.90 Å². The molecule has 2 fully saturated rings. The van der Waals surface area contributed by atoms with Crippen molar-refractivity contribution in [3.63, 3.8) is 0 Å². The van der Waals surface area contributed by atoms with E-state index in [1.807, 2.05) is 6.92 Å². The first-order chi connectivity index (χ1) is 10.3. The fourth-order valence-corrected chi connectivity index (χ4v) is 3.36. The third-order valence-corrected chi connectivity index (χ3v) is 4.52. The summed E-state index contributed by atoms with van der Waals surface area (Å²) < 4.78 is 6.03. The number of carbonyl (C=O) groups is 1. The molecule has 1 spiro atoms. The molecule has 0 aromatic rings. The van der Waals surface area contributed by atoms with Crippen molar-refractivity contribution in [3.05, 3.63) is 11.6 Å². The Bertz CT molecular complexity index is 367. The lowest BCUT2D eigenvalue weighted by Crippen LogP contribution is -2.53. The van der Waals surface area contributed by atoms with Crippen LogP contribution in [0.5, 0.6) is 0 Å². The Morgan fingerprint density at radius 1 is 1.27 bits per heavy atom. The van der Waals surface area contributed by atoms with Crippen molar-refractivity contribution in [2.75, 3.05) is 26.2 Å². The standard InChI is InChI=1S/C16H29NO2.CH2O2/c1-14(2)5-4-9-17-10-6-16(7-11-17)13-15(3,18)8-12-19-16;2-1-3/h5,18H,4,6-13H2,1-3H3;1H,(H,2,3). The molecule has 0 radical (unpaired) electrons. The largest absolute Gasteiger partial charge is 0.483 e. The first-order valence-corrected chi connectivity index (χ1v) is 8.12. The minimum atomic E-state index is -0.525. The molecule has 5 heteroatoms. The van der Waals surface area contributed by atoms with E-state index in [-0.39, 0.29) is 12.1 Å². The van der Waals surface area contributed by atoms with Gasteiger partial charge >= 0.3 is 0 Å². The smallest absolute Gasteiger partial charge is 0.290 e. The maximum atomic E-state index is 10.3. The molecule has 0 amide bonds. The van der Waals surface area contributed by atoms with Crippen molar-refractivity contribution in [2.45, 2.75) is 64.1 Å². The average Bonchev–Trinajstić information content (AvgIpc) is 2.40. The van der Waals surface area contributed by atoms with Gasteiger partial charge in [0.15, 0.2) is 0 Å². The van der Waals surface area contributed by atoms with Crippen LogP contribution in [0.2, 0.25) is 0 Å². The van der Waals surface area contributed by atoms with Gasteiger partial charge in [0.1, 0.15) is 0 Å². The molecular weight excluding hydrogens is 282 g/mol. The molecule has 128 valence electrons. The molecule has 2 aliphatic rings. The van der Waals surface area contributed by atoms with Gasteiger partial charge in [0.05, 0.1) is 17.8 Å². The predicted octanol–water partition coefficient (Wildman–Crippen LogP) is 2.44. The summed E-state index contributed by atoms with van der Waals surface area (Å²) in [6.45, 7) is 10.1. The van der Waals surface area contributed by atoms with Crippen LogP contribution in [0.25, 0.3) is 0 Å². The van der Waals surface area contributed by atoms with Crippen LogP contribution in [-0.4, -0.2) is 59.0 Å². The number of hydrogen-bond donors (Lipinski definition) is 2. The number of rotatable bonds is 3. The lowest BCUT2D eigenvalue weighted by Gasteiger charge is -2.48. The molecule has 2 saturated heterocycles. The molecule has 2 N–H and O–H groups in total. The summed E-state index contributed by atoms with van der Waals surface area (Å²) in [5.74, 6) is 0. The Hall–Kier alpha value is -0.910. The first-order valence-electron chi connectivity index (χ1n) is 8.12. The van der Waals surface area contributed by atoms with Gasteiger partial charge in [-0.2, -0.15) is 0 Å². The highest BCUT2D eigenvalue weighted by molar-refractivity contribution is 5.32. The van der Waals surface area contributed by atoms with Gasteiger partial charge in [-0.3, -0.25) is 4.79 Å². The molecule has 2 heterocycles. The minimum Gasteiger partial charge on any atom is -0.483 e. The quantitative estimate of drug-likeness (QED) is 0.618. The molecule has 5 nitrogen and oxygen atoms in total. The van der Waals surface area contributed by atoms with Gasteiger partial charge in [-0.1, -0.05) is 11.6 Å². The number of carboxylic acid groups (broad SMARTS) is 1. The molecule has 22 heavy (non-hydrogen) atoms. The SMILES string of the molecule is CC(C)=CCCN1CCC2(CC1)CC(C)(O)CCO2.O=CO. The van der Waals surface area contributed by atoms with E-state index in [2.05, 4.69) is 24.8 Å². The maximum Gasteiger partial charge on any atom is 0.290 e. The number of ether oxygens (including phenoxy) is 1. The zero-order valence-electron chi connectivity index (χ0n) is 14.2. The highest BCUT2D eigenvalue weighted by atomic mass is 16.5. The van der Waals surface area contributed by atoms with Gasteiger partial charge < -0.3 is 19.8 Å². The summed E-state index contributed by atoms with van der Waals surface area (Å²) in [5.41, 5.74) is 0.831. The third-order valence-electron chi connectivity index (χ3n) is 4.52. The van der Waals surface area contributed by atoms with Crippen molar-refractivity contribution < 1.29 is 19.7 Å². The van der Waals surface area contributed by atoms with Crippen LogP contribution in [0, 0.1) is 0 Å². The Morgan fingerprint density at radius 2 is 1.86 bits per heavy atom. The second-order valence-corrected chi connectivity index (χ2v) is 6.97. The molecule has 1 atom stereocenters. The lowest BCUT2D eigenvalue weighted by atomic mass is 9.78. The molecule has 2 rings (SSSR count). The molecular formula is C17H31NO4. The molecule has 0 aromatic heterocycles. The monoisotopic (exact) mass is 313 g/mol. The predicted molar refractivity (Wildman–Crippen MR) is 87.0 cm³/mol. The average molecular weight is 313 g/mol. The van der Waals surface area contributed by atoms with Crippen LogP contribution in [0.1, 0.15) is 52.9 Å². The van der Waals surface area contributed by atoms with Crippen LogP contribution >= 0.6 is 0 Å². The minimum absolute atomic E-state index is 0.0469. The van der Waals surface area contributed by atoms with E-state index < -0.39 is 5.60 Å². The van der Waals surface area contributed by atoms with Crippen LogP contribution in [0.15, 0.2) is 11.6 Å². The van der Waals surface area contributed by atoms with E-state index in [1.54, 1.807) is 0 Å². The Balaban J connectivity index is 0.000000745. The summed E-state index contributed by atoms with van der Waals surface area (Å²) in [4.78, 5) is 10.9. The number of allylic oxidation sites excluding steroid dienone is 1. The highest BCUT2D eigenvalue weighted by Gasteiger charge is 2.44. The van der Waals surface area contributed by atoms with E-state index in [0.717, 1.165) is 51.7 Å². The number of hydrogen-bond acceptors (Lipinski definition) is 4. The van der Waals surface area contributed by atoms with Crippen molar-refractivity contribution in [3.8, 4) is 0 Å². The van der Waals surface area contributed by atoms with Gasteiger partial charge in [-0.15, -0.1) is 0 Å². The molecule has 0 aromatic carbocycles. The van der Waals surface area contributed by atoms with Crippen molar-refractivity contribution in [2.24, 2.45) is 0 Å². The Kier molecular flexibility index (Phi) is 7.53. The number of aliphatic hydroxyl groups is 1. The molecule has 0 saturated carbocycles. The lowest BCUT2D eigenvalue weighted by molar-refractivity contribution is -0.172. The fourth-order valence-electron chi connectivity index (χ4n) is 3.36. The third kappa shape index (κ3) is 6.46. The summed E-state index contributed by atoms with van der Waals surface area (Å²) in [6, 6.07) is 0. The fraction of sp³-hybridized carbons (Fsp3) is 0.824. The van der Waals surface area contributed by atoms with Crippen LogP contribution in [0.4, 0.5) is 0 Å². The van der Waals surface area contributed by atoms with Gasteiger partial charge in [-0.25, -0.2) is 0 Å². The number of nitrogens with zero attached hydrogens (tertiary/aromatic N) is 1. The number of piperidine rings is 1. The maximum absolute atomic E-state index is 10.3. The summed E-state index contributed by atoms with van der Waals surface area (Å²) in [6.07, 6.45) is 7.18. The Morgan fingerprint density at radius 3 is 2.36 bits per heavy atom. The van der Waals surface area contributed by atoms with Crippen molar-refractivity contribution >= 4 is 6.47 Å².